The first-order valence-corrected chi connectivity index (χ1v) is 7.05. The summed E-state index contributed by atoms with van der Waals surface area (Å²) in [5.74, 6) is 0.678. The molecule has 1 aromatic rings. The highest BCUT2D eigenvalue weighted by Crippen LogP contribution is 2.30. The number of benzene rings is 1. The van der Waals surface area contributed by atoms with E-state index >= 15 is 0 Å². The van der Waals surface area contributed by atoms with Crippen molar-refractivity contribution in [3.8, 4) is 0 Å². The standard InChI is InChI=1S/C14H18BrNO/c1-10-2-5-12(6-3-10)14(17)16-9-11-4-7-13(15)8-11/h2-3,5-6,11,13H,4,7-9H2,1H3,(H,16,17). The van der Waals surface area contributed by atoms with Gasteiger partial charge in [0, 0.05) is 16.9 Å². The SMILES string of the molecule is Cc1ccc(C(=O)NCC2CCC(Br)C2)cc1. The smallest absolute Gasteiger partial charge is 0.251 e. The molecule has 0 spiro atoms. The van der Waals surface area contributed by atoms with E-state index < -0.39 is 0 Å². The van der Waals surface area contributed by atoms with E-state index in [-0.39, 0.29) is 5.91 Å². The van der Waals surface area contributed by atoms with Crippen LogP contribution < -0.4 is 5.32 Å². The maximum Gasteiger partial charge on any atom is 0.251 e. The minimum atomic E-state index is 0.0445. The lowest BCUT2D eigenvalue weighted by Gasteiger charge is -2.11. The zero-order chi connectivity index (χ0) is 12.3. The van der Waals surface area contributed by atoms with Crippen molar-refractivity contribution in [1.29, 1.82) is 0 Å². The van der Waals surface area contributed by atoms with Gasteiger partial charge < -0.3 is 5.32 Å². The lowest BCUT2D eigenvalue weighted by Crippen LogP contribution is -2.28. The molecule has 2 nitrogen and oxygen atoms in total. The largest absolute Gasteiger partial charge is 0.352 e. The number of hydrogen-bond donors (Lipinski definition) is 1. The summed E-state index contributed by atoms with van der Waals surface area (Å²) in [6.07, 6.45) is 3.61. The van der Waals surface area contributed by atoms with Crippen molar-refractivity contribution >= 4 is 21.8 Å². The molecule has 0 bridgehead atoms. The van der Waals surface area contributed by atoms with Crippen LogP contribution in [0.5, 0.6) is 0 Å². The molecule has 0 radical (unpaired) electrons. The van der Waals surface area contributed by atoms with E-state index in [1.165, 1.54) is 24.8 Å². The number of nitrogens with one attached hydrogen (secondary N) is 1. The molecule has 1 aliphatic rings. The van der Waals surface area contributed by atoms with Crippen LogP contribution in [0.15, 0.2) is 24.3 Å². The maximum atomic E-state index is 11.9. The molecule has 2 rings (SSSR count). The van der Waals surface area contributed by atoms with Crippen molar-refractivity contribution in [1.82, 2.24) is 5.32 Å². The van der Waals surface area contributed by atoms with Gasteiger partial charge in [-0.05, 0) is 44.2 Å². The molecule has 0 heterocycles. The first-order chi connectivity index (χ1) is 8.15. The van der Waals surface area contributed by atoms with Gasteiger partial charge in [0.2, 0.25) is 0 Å². The number of hydrogen-bond acceptors (Lipinski definition) is 1. The van der Waals surface area contributed by atoms with Crippen molar-refractivity contribution in [3.05, 3.63) is 35.4 Å². The molecule has 0 aliphatic heterocycles. The minimum Gasteiger partial charge on any atom is -0.352 e. The summed E-state index contributed by atoms with van der Waals surface area (Å²) < 4.78 is 0. The molecule has 1 saturated carbocycles. The van der Waals surface area contributed by atoms with E-state index in [0.29, 0.717) is 10.7 Å². The molecule has 1 amide bonds. The summed E-state index contributed by atoms with van der Waals surface area (Å²) in [6.45, 7) is 2.82. The normalized spacial score (nSPS) is 23.6. The highest BCUT2D eigenvalue weighted by molar-refractivity contribution is 9.09. The number of carbonyl (C=O) groups excluding carboxylic acids is 1. The van der Waals surface area contributed by atoms with E-state index in [9.17, 15) is 4.79 Å². The van der Waals surface area contributed by atoms with Crippen LogP contribution in [0.4, 0.5) is 0 Å². The van der Waals surface area contributed by atoms with E-state index in [1.54, 1.807) is 0 Å². The Morgan fingerprint density at radius 3 is 2.65 bits per heavy atom. The van der Waals surface area contributed by atoms with Crippen molar-refractivity contribution in [2.24, 2.45) is 5.92 Å². The Balaban J connectivity index is 1.83. The monoisotopic (exact) mass is 295 g/mol. The number of halogens is 1. The zero-order valence-electron chi connectivity index (χ0n) is 10.1. The predicted molar refractivity (Wildman–Crippen MR) is 73.6 cm³/mol. The molecule has 2 unspecified atom stereocenters. The summed E-state index contributed by atoms with van der Waals surface area (Å²) in [6, 6.07) is 7.71. The van der Waals surface area contributed by atoms with Gasteiger partial charge in [-0.3, -0.25) is 4.79 Å². The van der Waals surface area contributed by atoms with E-state index in [1.807, 2.05) is 31.2 Å². The third kappa shape index (κ3) is 3.56. The summed E-state index contributed by atoms with van der Waals surface area (Å²) in [4.78, 5) is 12.5. The molecule has 1 N–H and O–H groups in total. The Morgan fingerprint density at radius 2 is 2.06 bits per heavy atom. The van der Waals surface area contributed by atoms with Gasteiger partial charge in [-0.2, -0.15) is 0 Å². The van der Waals surface area contributed by atoms with E-state index in [0.717, 1.165) is 12.1 Å². The molecule has 17 heavy (non-hydrogen) atoms. The van der Waals surface area contributed by atoms with Gasteiger partial charge >= 0.3 is 0 Å². The van der Waals surface area contributed by atoms with E-state index in [4.69, 9.17) is 0 Å². The summed E-state index contributed by atoms with van der Waals surface area (Å²) >= 11 is 3.63. The third-order valence-electron chi connectivity index (χ3n) is 3.34. The fraction of sp³-hybridized carbons (Fsp3) is 0.500. The lowest BCUT2D eigenvalue weighted by molar-refractivity contribution is 0.0947. The van der Waals surface area contributed by atoms with Gasteiger partial charge in [-0.15, -0.1) is 0 Å². The average molecular weight is 296 g/mol. The number of carbonyl (C=O) groups is 1. The highest BCUT2D eigenvalue weighted by atomic mass is 79.9. The van der Waals surface area contributed by atoms with Crippen LogP contribution in [0.3, 0.4) is 0 Å². The van der Waals surface area contributed by atoms with Crippen molar-refractivity contribution in [2.45, 2.75) is 31.0 Å². The first-order valence-electron chi connectivity index (χ1n) is 6.14. The summed E-state index contributed by atoms with van der Waals surface area (Å²) in [5.41, 5.74) is 1.93. The summed E-state index contributed by atoms with van der Waals surface area (Å²) in [7, 11) is 0. The summed E-state index contributed by atoms with van der Waals surface area (Å²) in [5, 5.41) is 3.02. The van der Waals surface area contributed by atoms with Crippen LogP contribution in [-0.2, 0) is 0 Å². The van der Waals surface area contributed by atoms with Gasteiger partial charge in [-0.1, -0.05) is 33.6 Å². The fourth-order valence-electron chi connectivity index (χ4n) is 2.24. The molecule has 1 aromatic carbocycles. The molecular formula is C14H18BrNO. The van der Waals surface area contributed by atoms with Crippen molar-refractivity contribution < 1.29 is 4.79 Å². The van der Waals surface area contributed by atoms with Gasteiger partial charge in [0.1, 0.15) is 0 Å². The molecule has 2 atom stereocenters. The van der Waals surface area contributed by atoms with Crippen LogP contribution in [-0.4, -0.2) is 17.3 Å². The van der Waals surface area contributed by atoms with Crippen LogP contribution in [0.2, 0.25) is 0 Å². The highest BCUT2D eigenvalue weighted by Gasteiger charge is 2.22. The van der Waals surface area contributed by atoms with Crippen molar-refractivity contribution in [2.75, 3.05) is 6.54 Å². The Labute approximate surface area is 111 Å². The van der Waals surface area contributed by atoms with E-state index in [2.05, 4.69) is 21.2 Å². The quantitative estimate of drug-likeness (QED) is 0.852. The number of rotatable bonds is 3. The second-order valence-electron chi connectivity index (χ2n) is 4.85. The van der Waals surface area contributed by atoms with Crippen molar-refractivity contribution in [3.63, 3.8) is 0 Å². The molecule has 1 fully saturated rings. The lowest BCUT2D eigenvalue weighted by atomic mass is 10.1. The topological polar surface area (TPSA) is 29.1 Å². The fourth-order valence-corrected chi connectivity index (χ4v) is 3.04. The second kappa shape index (κ2) is 5.67. The van der Waals surface area contributed by atoms with Crippen LogP contribution in [0, 0.1) is 12.8 Å². The Hall–Kier alpha value is -0.830. The Bertz CT molecular complexity index is 388. The van der Waals surface area contributed by atoms with Gasteiger partial charge in [-0.25, -0.2) is 0 Å². The first kappa shape index (κ1) is 12.6. The van der Waals surface area contributed by atoms with Crippen LogP contribution in [0.25, 0.3) is 0 Å². The number of amides is 1. The number of aryl methyl sites for hydroxylation is 1. The van der Waals surface area contributed by atoms with Crippen LogP contribution >= 0.6 is 15.9 Å². The van der Waals surface area contributed by atoms with Gasteiger partial charge in [0.15, 0.2) is 0 Å². The molecule has 0 saturated heterocycles. The molecule has 3 heteroatoms. The molecule has 0 aromatic heterocycles. The zero-order valence-corrected chi connectivity index (χ0v) is 11.7. The number of alkyl halides is 1. The molecule has 1 aliphatic carbocycles. The maximum absolute atomic E-state index is 11.9. The molecule has 92 valence electrons. The third-order valence-corrected chi connectivity index (χ3v) is 4.17. The predicted octanol–water partition coefficient (Wildman–Crippen LogP) is 3.29. The Kier molecular flexibility index (Phi) is 4.21. The van der Waals surface area contributed by atoms with Gasteiger partial charge in [0.25, 0.3) is 5.91 Å². The average Bonchev–Trinajstić information content (AvgIpc) is 2.73. The van der Waals surface area contributed by atoms with Gasteiger partial charge in [0.05, 0.1) is 0 Å². The molecular weight excluding hydrogens is 278 g/mol. The second-order valence-corrected chi connectivity index (χ2v) is 6.15. The minimum absolute atomic E-state index is 0.0445. The van der Waals surface area contributed by atoms with Crippen LogP contribution in [0.1, 0.15) is 35.2 Å². The Morgan fingerprint density at radius 1 is 1.35 bits per heavy atom.